The molecule has 0 bridgehead atoms. The van der Waals surface area contributed by atoms with Crippen molar-refractivity contribution in [3.8, 4) is 0 Å². The minimum absolute atomic E-state index is 0.151. The summed E-state index contributed by atoms with van der Waals surface area (Å²) >= 11 is 11.7. The monoisotopic (exact) mass is 244 g/mol. The number of rotatable bonds is 2. The van der Waals surface area contributed by atoms with E-state index < -0.39 is 0 Å². The number of aromatic nitrogens is 4. The van der Waals surface area contributed by atoms with Crippen LogP contribution < -0.4 is 0 Å². The van der Waals surface area contributed by atoms with Crippen molar-refractivity contribution < 1.29 is 0 Å². The number of fused-ring (bicyclic) bond motifs is 1. The second kappa shape index (κ2) is 3.94. The van der Waals surface area contributed by atoms with E-state index in [0.717, 1.165) is 11.8 Å². The van der Waals surface area contributed by atoms with Crippen molar-refractivity contribution in [1.82, 2.24) is 19.7 Å². The molecular formula is C9H10Cl2N4. The van der Waals surface area contributed by atoms with Gasteiger partial charge in [0.2, 0.25) is 5.28 Å². The molecule has 80 valence electrons. The summed E-state index contributed by atoms with van der Waals surface area (Å²) in [6.45, 7) is 4.15. The van der Waals surface area contributed by atoms with Crippen molar-refractivity contribution in [3.63, 3.8) is 0 Å². The minimum Gasteiger partial charge on any atom is -0.244 e. The molecular weight excluding hydrogens is 235 g/mol. The fourth-order valence-electron chi connectivity index (χ4n) is 1.36. The fraction of sp³-hybridized carbons (Fsp3) is 0.444. The lowest BCUT2D eigenvalue weighted by Crippen LogP contribution is -2.06. The third-order valence-corrected chi connectivity index (χ3v) is 2.85. The van der Waals surface area contributed by atoms with Gasteiger partial charge in [0.05, 0.1) is 17.6 Å². The largest absolute Gasteiger partial charge is 0.244 e. The lowest BCUT2D eigenvalue weighted by Gasteiger charge is -2.09. The highest BCUT2D eigenvalue weighted by molar-refractivity contribution is 6.35. The molecule has 0 radical (unpaired) electrons. The van der Waals surface area contributed by atoms with Gasteiger partial charge in [-0.15, -0.1) is 0 Å². The predicted molar refractivity (Wildman–Crippen MR) is 60.3 cm³/mol. The molecule has 2 heterocycles. The smallest absolute Gasteiger partial charge is 0.225 e. The molecule has 0 aliphatic rings. The van der Waals surface area contributed by atoms with Crippen molar-refractivity contribution in [2.75, 3.05) is 0 Å². The van der Waals surface area contributed by atoms with Crippen molar-refractivity contribution in [2.24, 2.45) is 0 Å². The lowest BCUT2D eigenvalue weighted by atomic mass is 10.3. The molecule has 6 heteroatoms. The van der Waals surface area contributed by atoms with Crippen LogP contribution in [0.4, 0.5) is 0 Å². The first-order chi connectivity index (χ1) is 7.13. The van der Waals surface area contributed by atoms with Crippen LogP contribution in [0.25, 0.3) is 11.0 Å². The van der Waals surface area contributed by atoms with E-state index in [1.165, 1.54) is 0 Å². The molecule has 15 heavy (non-hydrogen) atoms. The zero-order chi connectivity index (χ0) is 11.0. The molecule has 0 fully saturated rings. The van der Waals surface area contributed by atoms with Gasteiger partial charge in [-0.3, -0.25) is 0 Å². The Morgan fingerprint density at radius 2 is 2.13 bits per heavy atom. The summed E-state index contributed by atoms with van der Waals surface area (Å²) in [5.74, 6) is 0. The molecule has 0 aromatic carbocycles. The van der Waals surface area contributed by atoms with Crippen molar-refractivity contribution >= 4 is 34.2 Å². The molecule has 0 aliphatic heterocycles. The first kappa shape index (κ1) is 10.6. The zero-order valence-electron chi connectivity index (χ0n) is 8.41. The zero-order valence-corrected chi connectivity index (χ0v) is 9.92. The Balaban J connectivity index is 2.68. The predicted octanol–water partition coefficient (Wildman–Crippen LogP) is 3.10. The van der Waals surface area contributed by atoms with E-state index in [9.17, 15) is 0 Å². The average molecular weight is 245 g/mol. The highest BCUT2D eigenvalue weighted by Crippen LogP contribution is 2.24. The first-order valence-corrected chi connectivity index (χ1v) is 5.45. The fourth-order valence-corrected chi connectivity index (χ4v) is 1.78. The highest BCUT2D eigenvalue weighted by atomic mass is 35.5. The Hall–Kier alpha value is -0.870. The Morgan fingerprint density at radius 3 is 2.80 bits per heavy atom. The van der Waals surface area contributed by atoms with Crippen LogP contribution in [0.2, 0.25) is 10.4 Å². The third kappa shape index (κ3) is 1.79. The van der Waals surface area contributed by atoms with Gasteiger partial charge in [-0.2, -0.15) is 10.1 Å². The maximum absolute atomic E-state index is 5.93. The van der Waals surface area contributed by atoms with Crippen molar-refractivity contribution in [1.29, 1.82) is 0 Å². The van der Waals surface area contributed by atoms with Gasteiger partial charge in [0.15, 0.2) is 5.65 Å². The van der Waals surface area contributed by atoms with E-state index in [1.807, 2.05) is 4.68 Å². The maximum atomic E-state index is 5.93. The number of halogens is 2. The Morgan fingerprint density at radius 1 is 1.40 bits per heavy atom. The molecule has 4 nitrogen and oxygen atoms in total. The molecule has 2 aromatic rings. The molecule has 2 aromatic heterocycles. The SMILES string of the molecule is CCC(C)n1ncc2c(Cl)nc(Cl)nc21. The summed E-state index contributed by atoms with van der Waals surface area (Å²) in [4.78, 5) is 8.00. The van der Waals surface area contributed by atoms with E-state index in [2.05, 4.69) is 28.9 Å². The summed E-state index contributed by atoms with van der Waals surface area (Å²) in [6.07, 6.45) is 2.64. The van der Waals surface area contributed by atoms with Crippen LogP contribution in [0, 0.1) is 0 Å². The van der Waals surface area contributed by atoms with E-state index in [1.54, 1.807) is 6.20 Å². The van der Waals surface area contributed by atoms with E-state index in [-0.39, 0.29) is 11.3 Å². The molecule has 1 unspecified atom stereocenters. The molecule has 0 saturated heterocycles. The molecule has 1 atom stereocenters. The normalized spacial score (nSPS) is 13.3. The van der Waals surface area contributed by atoms with Crippen LogP contribution >= 0.6 is 23.2 Å². The summed E-state index contributed by atoms with van der Waals surface area (Å²) in [7, 11) is 0. The number of hydrogen-bond acceptors (Lipinski definition) is 3. The van der Waals surface area contributed by atoms with E-state index in [4.69, 9.17) is 23.2 Å². The Labute approximate surface area is 97.2 Å². The van der Waals surface area contributed by atoms with Gasteiger partial charge in [-0.25, -0.2) is 9.67 Å². The summed E-state index contributed by atoms with van der Waals surface area (Å²) in [6, 6.07) is 0.268. The summed E-state index contributed by atoms with van der Waals surface area (Å²) in [5, 5.41) is 5.47. The molecule has 0 amide bonds. The average Bonchev–Trinajstić information content (AvgIpc) is 2.60. The van der Waals surface area contributed by atoms with E-state index >= 15 is 0 Å². The maximum Gasteiger partial charge on any atom is 0.225 e. The van der Waals surface area contributed by atoms with Crippen LogP contribution in [0.1, 0.15) is 26.3 Å². The van der Waals surface area contributed by atoms with Crippen LogP contribution in [0.15, 0.2) is 6.20 Å². The summed E-state index contributed by atoms with van der Waals surface area (Å²) in [5.41, 5.74) is 0.689. The second-order valence-corrected chi connectivity index (χ2v) is 4.06. The molecule has 0 saturated carbocycles. The van der Waals surface area contributed by atoms with Gasteiger partial charge >= 0.3 is 0 Å². The first-order valence-electron chi connectivity index (χ1n) is 4.69. The lowest BCUT2D eigenvalue weighted by molar-refractivity contribution is 0.489. The topological polar surface area (TPSA) is 43.6 Å². The number of hydrogen-bond donors (Lipinski definition) is 0. The van der Waals surface area contributed by atoms with Crippen LogP contribution in [0.3, 0.4) is 0 Å². The number of nitrogens with zero attached hydrogens (tertiary/aromatic N) is 4. The van der Waals surface area contributed by atoms with Crippen molar-refractivity contribution in [2.45, 2.75) is 26.3 Å². The highest BCUT2D eigenvalue weighted by Gasteiger charge is 2.13. The van der Waals surface area contributed by atoms with Gasteiger partial charge in [0.1, 0.15) is 5.15 Å². The van der Waals surface area contributed by atoms with Gasteiger partial charge in [-0.05, 0) is 24.9 Å². The van der Waals surface area contributed by atoms with Crippen LogP contribution in [-0.2, 0) is 0 Å². The molecule has 0 spiro atoms. The second-order valence-electron chi connectivity index (χ2n) is 3.37. The quantitative estimate of drug-likeness (QED) is 0.603. The van der Waals surface area contributed by atoms with E-state index in [0.29, 0.717) is 10.8 Å². The Kier molecular flexibility index (Phi) is 2.80. The van der Waals surface area contributed by atoms with Crippen molar-refractivity contribution in [3.05, 3.63) is 16.6 Å². The molecule has 0 N–H and O–H groups in total. The minimum atomic E-state index is 0.151. The standard InChI is InChI=1S/C9H10Cl2N4/c1-3-5(2)15-8-6(4-12-15)7(10)13-9(11)14-8/h4-5H,3H2,1-2H3. The summed E-state index contributed by atoms with van der Waals surface area (Å²) < 4.78 is 1.81. The Bertz CT molecular complexity index is 494. The van der Waals surface area contributed by atoms with Gasteiger partial charge < -0.3 is 0 Å². The van der Waals surface area contributed by atoms with Crippen LogP contribution in [-0.4, -0.2) is 19.7 Å². The van der Waals surface area contributed by atoms with Gasteiger partial charge in [-0.1, -0.05) is 18.5 Å². The van der Waals surface area contributed by atoms with Crippen LogP contribution in [0.5, 0.6) is 0 Å². The third-order valence-electron chi connectivity index (χ3n) is 2.39. The molecule has 0 aliphatic carbocycles. The van der Waals surface area contributed by atoms with Gasteiger partial charge in [0, 0.05) is 0 Å². The molecule has 2 rings (SSSR count). The van der Waals surface area contributed by atoms with Gasteiger partial charge in [0.25, 0.3) is 0 Å².